The van der Waals surface area contributed by atoms with Gasteiger partial charge in [-0.2, -0.15) is 0 Å². The number of ketones is 2. The number of carbonyl (C=O) groups excluding carboxylic acids is 4. The summed E-state index contributed by atoms with van der Waals surface area (Å²) in [5.74, 6) is 1.16. The van der Waals surface area contributed by atoms with Crippen LogP contribution in [-0.4, -0.2) is 58.1 Å². The average molecular weight is 1000 g/mol. The second-order valence-corrected chi connectivity index (χ2v) is 25.6. The van der Waals surface area contributed by atoms with Gasteiger partial charge in [0.25, 0.3) is 0 Å². The predicted octanol–water partition coefficient (Wildman–Crippen LogP) is 15.6. The van der Waals surface area contributed by atoms with Crippen molar-refractivity contribution >= 4 is 23.5 Å². The van der Waals surface area contributed by atoms with E-state index in [1.54, 1.807) is 13.8 Å². The number of Topliss-reactive ketones (excluding diaryl/α,β-unsaturated/α-hetero) is 2. The minimum absolute atomic E-state index is 0.0217. The Bertz CT molecular complexity index is 1920. The molecule has 0 radical (unpaired) electrons. The first-order valence-corrected chi connectivity index (χ1v) is 28.4. The van der Waals surface area contributed by atoms with Gasteiger partial charge in [-0.05, 0) is 218 Å². The molecule has 4 rings (SSSR count). The smallest absolute Gasteiger partial charge is 0.333 e. The Hall–Kier alpha value is -3.36. The molecule has 4 saturated carbocycles. The van der Waals surface area contributed by atoms with Gasteiger partial charge in [-0.3, -0.25) is 9.59 Å². The van der Waals surface area contributed by atoms with Crippen LogP contribution in [0.3, 0.4) is 0 Å². The van der Waals surface area contributed by atoms with E-state index in [1.807, 2.05) is 26.0 Å². The Morgan fingerprint density at radius 1 is 0.486 bits per heavy atom. The van der Waals surface area contributed by atoms with Crippen LogP contribution in [-0.2, 0) is 28.7 Å². The Balaban J connectivity index is 1.04. The zero-order chi connectivity index (χ0) is 53.7. The van der Waals surface area contributed by atoms with Crippen LogP contribution >= 0.6 is 0 Å². The molecule has 8 heteroatoms. The zero-order valence-electron chi connectivity index (χ0n) is 48.1. The summed E-state index contributed by atoms with van der Waals surface area (Å²) in [5.41, 5.74) is 4.49. The molecule has 0 aromatic rings. The number of esters is 2. The number of hydrogen-bond acceptors (Lipinski definition) is 8. The molecule has 4 fully saturated rings. The van der Waals surface area contributed by atoms with Gasteiger partial charge < -0.3 is 19.7 Å². The van der Waals surface area contributed by atoms with Crippen molar-refractivity contribution in [1.82, 2.24) is 0 Å². The van der Waals surface area contributed by atoms with Gasteiger partial charge in [-0.25, -0.2) is 9.59 Å². The molecule has 0 aromatic heterocycles. The highest BCUT2D eigenvalue weighted by Gasteiger charge is 2.61. The summed E-state index contributed by atoms with van der Waals surface area (Å²) in [6, 6.07) is 0. The molecule has 0 amide bonds. The third-order valence-electron chi connectivity index (χ3n) is 19.1. The normalized spacial score (nSPS) is 31.5. The first kappa shape index (κ1) is 61.2. The average Bonchev–Trinajstić information content (AvgIpc) is 3.29. The molecule has 2 N–H and O–H groups in total. The number of allylic oxidation sites excluding steroid dienone is 10. The second-order valence-electron chi connectivity index (χ2n) is 25.6. The van der Waals surface area contributed by atoms with E-state index in [4.69, 9.17) is 9.47 Å². The van der Waals surface area contributed by atoms with Gasteiger partial charge in [-0.15, -0.1) is 0 Å². The fraction of sp³-hybridized carbons (Fsp3) is 0.750. The molecule has 8 atom stereocenters. The van der Waals surface area contributed by atoms with Gasteiger partial charge in [0, 0.05) is 34.8 Å². The van der Waals surface area contributed by atoms with E-state index >= 15 is 0 Å². The second kappa shape index (κ2) is 26.4. The summed E-state index contributed by atoms with van der Waals surface area (Å²) < 4.78 is 11.0. The Morgan fingerprint density at radius 2 is 0.792 bits per heavy atom. The SMILES string of the molecule is C/C(=C\CC/C(C)=C/CC[C@@H]1[C@@]2(C)CCC(=O)C(C)(C)[C@@H]2CC[C@@]1(C)O)CC/C=C(\C)C(=O)OCCCCOC(=O)/C(C)=C/CC/C(C)=C/CC/C(C)=C/CC[C@@H]1[C@@]2(C)CCC(=O)C(C)(C)[C@@H]2CC[C@@]1(C)O. The number of fused-ring (bicyclic) bond motifs is 2. The molecule has 0 bridgehead atoms. The summed E-state index contributed by atoms with van der Waals surface area (Å²) in [4.78, 5) is 50.9. The van der Waals surface area contributed by atoms with Crippen LogP contribution in [0, 0.1) is 45.3 Å². The van der Waals surface area contributed by atoms with Crippen LogP contribution in [0.25, 0.3) is 0 Å². The van der Waals surface area contributed by atoms with Crippen molar-refractivity contribution in [1.29, 1.82) is 0 Å². The molecule has 0 spiro atoms. The van der Waals surface area contributed by atoms with E-state index in [9.17, 15) is 29.4 Å². The molecule has 8 nitrogen and oxygen atoms in total. The van der Waals surface area contributed by atoms with Crippen LogP contribution < -0.4 is 0 Å². The first-order chi connectivity index (χ1) is 33.6. The number of ether oxygens (including phenoxy) is 2. The standard InChI is InChI=1S/C64H102O8/c1-45(23-17-25-47(3)29-21-33-53-61(11)39-37-55(65)59(7,8)51(61)35-41-63(53,13)69)27-19-31-49(5)57(67)71-43-15-16-44-72-58(68)50(6)32-20-28-46(2)24-18-26-48(4)30-22-34-54-62(12)40-38-56(66)60(9,10)52(62)36-42-64(54,14)70/h23-24,29-32,51-54,69-70H,15-22,25-28,33-44H2,1-14H3/b45-23+,46-24+,47-29+,48-30+,49-31+,50-32+/t51-,52-,53+,54+,61-,62-,63+,64+/m0/s1. The van der Waals surface area contributed by atoms with Crippen LogP contribution in [0.5, 0.6) is 0 Å². The van der Waals surface area contributed by atoms with Crippen molar-refractivity contribution in [3.05, 3.63) is 69.9 Å². The molecule has 4 aliphatic carbocycles. The minimum Gasteiger partial charge on any atom is -0.462 e. The van der Waals surface area contributed by atoms with Crippen LogP contribution in [0.2, 0.25) is 0 Å². The van der Waals surface area contributed by atoms with Gasteiger partial charge in [0.2, 0.25) is 0 Å². The van der Waals surface area contributed by atoms with E-state index in [0.717, 1.165) is 116 Å². The topological polar surface area (TPSA) is 127 Å². The van der Waals surface area contributed by atoms with Crippen molar-refractivity contribution in [3.8, 4) is 0 Å². The Labute approximate surface area is 438 Å². The van der Waals surface area contributed by atoms with Crippen LogP contribution in [0.1, 0.15) is 238 Å². The number of carbonyl (C=O) groups is 4. The molecule has 72 heavy (non-hydrogen) atoms. The lowest BCUT2D eigenvalue weighted by Crippen LogP contribution is -2.59. The quantitative estimate of drug-likeness (QED) is 0.0401. The van der Waals surface area contributed by atoms with Crippen molar-refractivity contribution in [3.63, 3.8) is 0 Å². The third-order valence-corrected chi connectivity index (χ3v) is 19.1. The zero-order valence-corrected chi connectivity index (χ0v) is 48.1. The maximum atomic E-state index is 12.8. The molecule has 406 valence electrons. The van der Waals surface area contributed by atoms with Crippen molar-refractivity contribution in [2.75, 3.05) is 13.2 Å². The Kier molecular flexibility index (Phi) is 22.4. The molecule has 4 aliphatic rings. The van der Waals surface area contributed by atoms with E-state index in [2.05, 4.69) is 93.5 Å². The van der Waals surface area contributed by atoms with Gasteiger partial charge >= 0.3 is 11.9 Å². The van der Waals surface area contributed by atoms with Crippen LogP contribution in [0.4, 0.5) is 0 Å². The number of unbranched alkanes of at least 4 members (excludes halogenated alkanes) is 1. The predicted molar refractivity (Wildman–Crippen MR) is 295 cm³/mol. The molecule has 0 aromatic carbocycles. The minimum atomic E-state index is -0.700. The van der Waals surface area contributed by atoms with E-state index < -0.39 is 11.2 Å². The summed E-state index contributed by atoms with van der Waals surface area (Å²) in [5, 5.41) is 23.0. The van der Waals surface area contributed by atoms with Gasteiger partial charge in [-0.1, -0.05) is 100 Å². The van der Waals surface area contributed by atoms with E-state index in [1.165, 1.54) is 22.3 Å². The summed E-state index contributed by atoms with van der Waals surface area (Å²) >= 11 is 0. The lowest BCUT2D eigenvalue weighted by Gasteiger charge is -2.60. The lowest BCUT2D eigenvalue weighted by atomic mass is 9.45. The van der Waals surface area contributed by atoms with E-state index in [0.29, 0.717) is 60.2 Å². The third kappa shape index (κ3) is 16.1. The number of hydrogen-bond donors (Lipinski definition) is 2. The fourth-order valence-corrected chi connectivity index (χ4v) is 14.4. The molecule has 0 aliphatic heterocycles. The monoisotopic (exact) mass is 999 g/mol. The molecular formula is C64H102O8. The fourth-order valence-electron chi connectivity index (χ4n) is 14.4. The largest absolute Gasteiger partial charge is 0.462 e. The lowest BCUT2D eigenvalue weighted by molar-refractivity contribution is -0.177. The molecule has 0 heterocycles. The first-order valence-electron chi connectivity index (χ1n) is 28.4. The highest BCUT2D eigenvalue weighted by molar-refractivity contribution is 5.88. The summed E-state index contributed by atoms with van der Waals surface area (Å²) in [7, 11) is 0. The van der Waals surface area contributed by atoms with Crippen molar-refractivity contribution < 1.29 is 38.9 Å². The summed E-state index contributed by atoms with van der Waals surface area (Å²) in [6.07, 6.45) is 31.9. The van der Waals surface area contributed by atoms with Gasteiger partial charge in [0.15, 0.2) is 0 Å². The molecular weight excluding hydrogens is 897 g/mol. The Morgan fingerprint density at radius 3 is 1.12 bits per heavy atom. The van der Waals surface area contributed by atoms with Crippen LogP contribution in [0.15, 0.2) is 69.9 Å². The number of aliphatic hydroxyl groups is 2. The highest BCUT2D eigenvalue weighted by atomic mass is 16.5. The molecule has 0 unspecified atom stereocenters. The van der Waals surface area contributed by atoms with Gasteiger partial charge in [0.1, 0.15) is 11.6 Å². The maximum absolute atomic E-state index is 12.8. The summed E-state index contributed by atoms with van der Waals surface area (Å²) in [6.45, 7) is 30.1. The van der Waals surface area contributed by atoms with E-state index in [-0.39, 0.29) is 58.6 Å². The van der Waals surface area contributed by atoms with Gasteiger partial charge in [0.05, 0.1) is 24.4 Å². The van der Waals surface area contributed by atoms with Crippen molar-refractivity contribution in [2.24, 2.45) is 45.3 Å². The maximum Gasteiger partial charge on any atom is 0.333 e. The number of rotatable bonds is 25. The molecule has 0 saturated heterocycles. The van der Waals surface area contributed by atoms with Crippen molar-refractivity contribution in [2.45, 2.75) is 249 Å². The highest BCUT2D eigenvalue weighted by Crippen LogP contribution is 2.63.